The second kappa shape index (κ2) is 7.87. The van der Waals surface area contributed by atoms with Crippen LogP contribution in [-0.4, -0.2) is 27.3 Å². The van der Waals surface area contributed by atoms with Gasteiger partial charge in [-0.05, 0) is 46.3 Å². The second-order valence-corrected chi connectivity index (χ2v) is 5.37. The first-order valence-corrected chi connectivity index (χ1v) is 7.60. The number of hydrogen-bond donors (Lipinski definition) is 0. The van der Waals surface area contributed by atoms with Crippen LogP contribution in [0.2, 0.25) is 0 Å². The first-order chi connectivity index (χ1) is 11.1. The Hall–Kier alpha value is -2.21. The summed E-state index contributed by atoms with van der Waals surface area (Å²) in [6.07, 6.45) is 0. The lowest BCUT2D eigenvalue weighted by Crippen LogP contribution is -2.02. The quantitative estimate of drug-likeness (QED) is 0.712. The predicted molar refractivity (Wildman–Crippen MR) is 89.4 cm³/mol. The average Bonchev–Trinajstić information content (AvgIpc) is 2.60. The molecule has 0 N–H and O–H groups in total. The lowest BCUT2D eigenvalue weighted by atomic mass is 10.2. The van der Waals surface area contributed by atoms with Crippen molar-refractivity contribution in [2.75, 3.05) is 21.3 Å². The first kappa shape index (κ1) is 17.1. The normalized spacial score (nSPS) is 10.1. The van der Waals surface area contributed by atoms with Gasteiger partial charge in [0.25, 0.3) is 0 Å². The molecule has 0 saturated heterocycles. The average molecular weight is 381 g/mol. The molecule has 0 unspecified atom stereocenters. The van der Waals surface area contributed by atoms with Crippen molar-refractivity contribution in [2.24, 2.45) is 0 Å². The standard InChI is InChI=1S/C17H17BrO5/c1-20-14-9-6-12(15(18)16(14)21-2)10-23-13-7-4-11(5-8-13)17(19)22-3/h4-9H,10H2,1-3H3. The summed E-state index contributed by atoms with van der Waals surface area (Å²) >= 11 is 3.50. The van der Waals surface area contributed by atoms with E-state index in [1.807, 2.05) is 12.1 Å². The summed E-state index contributed by atoms with van der Waals surface area (Å²) in [5, 5.41) is 0. The smallest absolute Gasteiger partial charge is 0.337 e. The fourth-order valence-electron chi connectivity index (χ4n) is 2.01. The number of ether oxygens (including phenoxy) is 4. The molecular formula is C17H17BrO5. The lowest BCUT2D eigenvalue weighted by Gasteiger charge is -2.14. The molecule has 0 heterocycles. The van der Waals surface area contributed by atoms with Gasteiger partial charge in [0.2, 0.25) is 0 Å². The third-order valence-electron chi connectivity index (χ3n) is 3.23. The Bertz CT molecular complexity index is 682. The van der Waals surface area contributed by atoms with E-state index in [9.17, 15) is 4.79 Å². The Labute approximate surface area is 143 Å². The number of esters is 1. The molecule has 2 aromatic rings. The van der Waals surface area contributed by atoms with Gasteiger partial charge in [-0.15, -0.1) is 0 Å². The monoisotopic (exact) mass is 380 g/mol. The molecule has 0 spiro atoms. The molecule has 122 valence electrons. The Morgan fingerprint density at radius 1 is 1.00 bits per heavy atom. The summed E-state index contributed by atoms with van der Waals surface area (Å²) in [4.78, 5) is 11.4. The highest BCUT2D eigenvalue weighted by Gasteiger charge is 2.13. The molecule has 0 aliphatic rings. The van der Waals surface area contributed by atoms with Gasteiger partial charge >= 0.3 is 5.97 Å². The van der Waals surface area contributed by atoms with Gasteiger partial charge in [0.15, 0.2) is 11.5 Å². The molecule has 5 nitrogen and oxygen atoms in total. The number of hydrogen-bond acceptors (Lipinski definition) is 5. The van der Waals surface area contributed by atoms with Crippen LogP contribution in [0, 0.1) is 0 Å². The predicted octanol–water partition coefficient (Wildman–Crippen LogP) is 3.83. The molecule has 0 aromatic heterocycles. The van der Waals surface area contributed by atoms with Crippen LogP contribution in [-0.2, 0) is 11.3 Å². The minimum Gasteiger partial charge on any atom is -0.493 e. The van der Waals surface area contributed by atoms with Crippen LogP contribution in [0.25, 0.3) is 0 Å². The Balaban J connectivity index is 2.10. The fraction of sp³-hybridized carbons (Fsp3) is 0.235. The van der Waals surface area contributed by atoms with E-state index in [0.29, 0.717) is 29.4 Å². The summed E-state index contributed by atoms with van der Waals surface area (Å²) < 4.78 is 21.8. The number of methoxy groups -OCH3 is 3. The summed E-state index contributed by atoms with van der Waals surface area (Å²) in [7, 11) is 4.52. The van der Waals surface area contributed by atoms with Gasteiger partial charge in [-0.2, -0.15) is 0 Å². The van der Waals surface area contributed by atoms with E-state index in [1.165, 1.54) is 7.11 Å². The van der Waals surface area contributed by atoms with Gasteiger partial charge in [0.1, 0.15) is 12.4 Å². The van der Waals surface area contributed by atoms with Crippen molar-refractivity contribution in [1.82, 2.24) is 0 Å². The number of carbonyl (C=O) groups is 1. The number of benzene rings is 2. The molecule has 0 aliphatic carbocycles. The molecule has 0 amide bonds. The van der Waals surface area contributed by atoms with Crippen molar-refractivity contribution in [3.8, 4) is 17.2 Å². The van der Waals surface area contributed by atoms with Crippen LogP contribution in [0.4, 0.5) is 0 Å². The van der Waals surface area contributed by atoms with Crippen molar-refractivity contribution in [1.29, 1.82) is 0 Å². The van der Waals surface area contributed by atoms with Gasteiger partial charge in [0, 0.05) is 5.56 Å². The zero-order chi connectivity index (χ0) is 16.8. The SMILES string of the molecule is COC(=O)c1ccc(OCc2ccc(OC)c(OC)c2Br)cc1. The van der Waals surface area contributed by atoms with Crippen molar-refractivity contribution in [2.45, 2.75) is 6.61 Å². The molecule has 0 bridgehead atoms. The lowest BCUT2D eigenvalue weighted by molar-refractivity contribution is 0.0600. The van der Waals surface area contributed by atoms with Crippen molar-refractivity contribution < 1.29 is 23.7 Å². The molecule has 0 atom stereocenters. The van der Waals surface area contributed by atoms with Crippen molar-refractivity contribution in [3.05, 3.63) is 52.0 Å². The zero-order valence-electron chi connectivity index (χ0n) is 13.1. The van der Waals surface area contributed by atoms with E-state index in [1.54, 1.807) is 38.5 Å². The summed E-state index contributed by atoms with van der Waals surface area (Å²) in [5.74, 6) is 1.54. The summed E-state index contributed by atoms with van der Waals surface area (Å²) in [6.45, 7) is 0.346. The van der Waals surface area contributed by atoms with Gasteiger partial charge < -0.3 is 18.9 Å². The van der Waals surface area contributed by atoms with E-state index >= 15 is 0 Å². The van der Waals surface area contributed by atoms with Crippen molar-refractivity contribution >= 4 is 21.9 Å². The molecular weight excluding hydrogens is 364 g/mol. The summed E-state index contributed by atoms with van der Waals surface area (Å²) in [6, 6.07) is 10.5. The summed E-state index contributed by atoms with van der Waals surface area (Å²) in [5.41, 5.74) is 1.40. The van der Waals surface area contributed by atoms with E-state index in [0.717, 1.165) is 10.0 Å². The number of halogens is 1. The second-order valence-electron chi connectivity index (χ2n) is 4.58. The minimum atomic E-state index is -0.376. The molecule has 6 heteroatoms. The van der Waals surface area contributed by atoms with E-state index < -0.39 is 0 Å². The molecule has 2 aromatic carbocycles. The molecule has 2 rings (SSSR count). The zero-order valence-corrected chi connectivity index (χ0v) is 14.7. The highest BCUT2D eigenvalue weighted by Crippen LogP contribution is 2.37. The van der Waals surface area contributed by atoms with Gasteiger partial charge in [0.05, 0.1) is 31.4 Å². The minimum absolute atomic E-state index is 0.346. The molecule has 0 fully saturated rings. The Morgan fingerprint density at radius 2 is 1.70 bits per heavy atom. The van der Waals surface area contributed by atoms with Crippen LogP contribution < -0.4 is 14.2 Å². The van der Waals surface area contributed by atoms with Crippen LogP contribution >= 0.6 is 15.9 Å². The number of rotatable bonds is 6. The molecule has 23 heavy (non-hydrogen) atoms. The van der Waals surface area contributed by atoms with E-state index in [-0.39, 0.29) is 5.97 Å². The topological polar surface area (TPSA) is 54.0 Å². The first-order valence-electron chi connectivity index (χ1n) is 6.81. The van der Waals surface area contributed by atoms with Gasteiger partial charge in [-0.3, -0.25) is 0 Å². The fourth-order valence-corrected chi connectivity index (χ4v) is 2.61. The maximum atomic E-state index is 11.4. The van der Waals surface area contributed by atoms with Crippen LogP contribution in [0.15, 0.2) is 40.9 Å². The van der Waals surface area contributed by atoms with E-state index in [2.05, 4.69) is 20.7 Å². The Morgan fingerprint density at radius 3 is 2.26 bits per heavy atom. The highest BCUT2D eigenvalue weighted by atomic mass is 79.9. The van der Waals surface area contributed by atoms with Crippen LogP contribution in [0.3, 0.4) is 0 Å². The molecule has 0 radical (unpaired) electrons. The third-order valence-corrected chi connectivity index (χ3v) is 4.10. The third kappa shape index (κ3) is 3.96. The van der Waals surface area contributed by atoms with Crippen LogP contribution in [0.5, 0.6) is 17.2 Å². The van der Waals surface area contributed by atoms with E-state index in [4.69, 9.17) is 14.2 Å². The largest absolute Gasteiger partial charge is 0.493 e. The van der Waals surface area contributed by atoms with Crippen LogP contribution in [0.1, 0.15) is 15.9 Å². The maximum absolute atomic E-state index is 11.4. The van der Waals surface area contributed by atoms with Crippen molar-refractivity contribution in [3.63, 3.8) is 0 Å². The molecule has 0 aliphatic heterocycles. The van der Waals surface area contributed by atoms with Gasteiger partial charge in [-0.25, -0.2) is 4.79 Å². The molecule has 0 saturated carbocycles. The Kier molecular flexibility index (Phi) is 5.87. The maximum Gasteiger partial charge on any atom is 0.337 e. The van der Waals surface area contributed by atoms with Gasteiger partial charge in [-0.1, -0.05) is 6.07 Å². The number of carbonyl (C=O) groups excluding carboxylic acids is 1. The highest BCUT2D eigenvalue weighted by molar-refractivity contribution is 9.10.